The fourth-order valence-electron chi connectivity index (χ4n) is 3.45. The van der Waals surface area contributed by atoms with E-state index in [-0.39, 0.29) is 6.42 Å². The average Bonchev–Trinajstić information content (AvgIpc) is 2.99. The molecule has 2 aromatic rings. The van der Waals surface area contributed by atoms with Gasteiger partial charge in [0, 0.05) is 48.9 Å². The number of hydrogen-bond donors (Lipinski definition) is 2. The van der Waals surface area contributed by atoms with Crippen LogP contribution in [0.25, 0.3) is 10.9 Å². The topological polar surface area (TPSA) is 41.9 Å². The minimum Gasteiger partial charge on any atom is -0.383 e. The van der Waals surface area contributed by atoms with Gasteiger partial charge in [-0.15, -0.1) is 0 Å². The number of hydrogen-bond acceptors (Lipinski definition) is 3. The molecule has 1 atom stereocenters. The molecule has 0 saturated heterocycles. The Hall–Kier alpha value is -2.37. The zero-order chi connectivity index (χ0) is 17.6. The molecule has 0 amide bonds. The van der Waals surface area contributed by atoms with Crippen molar-refractivity contribution in [1.82, 2.24) is 14.9 Å². The lowest BCUT2D eigenvalue weighted by Crippen LogP contribution is -2.21. The van der Waals surface area contributed by atoms with Crippen LogP contribution >= 0.6 is 0 Å². The molecule has 0 spiro atoms. The van der Waals surface area contributed by atoms with Gasteiger partial charge < -0.3 is 15.2 Å². The number of pyridine rings is 1. The Bertz CT molecular complexity index is 879. The highest BCUT2D eigenvalue weighted by atomic mass is 19.3. The Kier molecular flexibility index (Phi) is 3.78. The minimum atomic E-state index is -2.45. The molecule has 0 aromatic carbocycles. The number of anilines is 1. The van der Waals surface area contributed by atoms with E-state index in [4.69, 9.17) is 0 Å². The molecule has 25 heavy (non-hydrogen) atoms. The summed E-state index contributed by atoms with van der Waals surface area (Å²) >= 11 is 0. The van der Waals surface area contributed by atoms with Crippen molar-refractivity contribution in [2.24, 2.45) is 5.92 Å². The molecule has 0 radical (unpaired) electrons. The lowest BCUT2D eigenvalue weighted by atomic mass is 10.1. The molecule has 4 nitrogen and oxygen atoms in total. The first-order valence-electron chi connectivity index (χ1n) is 8.66. The summed E-state index contributed by atoms with van der Waals surface area (Å²) in [5.41, 5.74) is 4.33. The van der Waals surface area contributed by atoms with Gasteiger partial charge in [0.15, 0.2) is 0 Å². The Morgan fingerprint density at radius 1 is 1.36 bits per heavy atom. The van der Waals surface area contributed by atoms with Crippen molar-refractivity contribution in [2.75, 3.05) is 11.9 Å². The van der Waals surface area contributed by atoms with Crippen LogP contribution in [-0.2, 0) is 6.54 Å². The zero-order valence-corrected chi connectivity index (χ0v) is 14.4. The van der Waals surface area contributed by atoms with Gasteiger partial charge in [-0.2, -0.15) is 0 Å². The van der Waals surface area contributed by atoms with Crippen LogP contribution in [0.5, 0.6) is 0 Å². The third-order valence-electron chi connectivity index (χ3n) is 5.16. The third kappa shape index (κ3) is 3.01. The van der Waals surface area contributed by atoms with Crippen molar-refractivity contribution in [3.63, 3.8) is 0 Å². The van der Waals surface area contributed by atoms with E-state index >= 15 is 0 Å². The van der Waals surface area contributed by atoms with Gasteiger partial charge in [-0.05, 0) is 38.0 Å². The number of dihydropyridines is 1. The molecule has 2 N–H and O–H groups in total. The van der Waals surface area contributed by atoms with Crippen molar-refractivity contribution in [2.45, 2.75) is 39.2 Å². The standard InChI is InChI=1S/C19H22F2N4/c1-12-3-7-22-13(2)17(12)24-18-15-6-10-25(16(15)4-8-23-18)9-5-14-11-19(14,20)21/h3-4,6,8,10,14,22H,5,7,9,11H2,1-2H3,(H,23,24). The normalized spacial score (nSPS) is 21.9. The Morgan fingerprint density at radius 3 is 2.88 bits per heavy atom. The number of fused-ring (bicyclic) bond motifs is 1. The highest BCUT2D eigenvalue weighted by Gasteiger charge is 2.55. The van der Waals surface area contributed by atoms with Crippen LogP contribution in [0.2, 0.25) is 0 Å². The molecule has 3 heterocycles. The maximum Gasteiger partial charge on any atom is 0.251 e. The lowest BCUT2D eigenvalue weighted by Gasteiger charge is -2.20. The van der Waals surface area contributed by atoms with Crippen molar-refractivity contribution in [3.05, 3.63) is 47.6 Å². The van der Waals surface area contributed by atoms with Crippen molar-refractivity contribution < 1.29 is 8.78 Å². The average molecular weight is 344 g/mol. The van der Waals surface area contributed by atoms with Gasteiger partial charge in [0.25, 0.3) is 5.92 Å². The number of aryl methyl sites for hydroxylation is 1. The third-order valence-corrected chi connectivity index (χ3v) is 5.16. The fourth-order valence-corrected chi connectivity index (χ4v) is 3.45. The Morgan fingerprint density at radius 2 is 2.16 bits per heavy atom. The predicted molar refractivity (Wildman–Crippen MR) is 95.5 cm³/mol. The summed E-state index contributed by atoms with van der Waals surface area (Å²) in [4.78, 5) is 4.48. The van der Waals surface area contributed by atoms with Crippen LogP contribution in [0.1, 0.15) is 26.7 Å². The summed E-state index contributed by atoms with van der Waals surface area (Å²) in [6.07, 6.45) is 6.40. The highest BCUT2D eigenvalue weighted by molar-refractivity contribution is 5.91. The van der Waals surface area contributed by atoms with Crippen LogP contribution < -0.4 is 10.6 Å². The van der Waals surface area contributed by atoms with E-state index in [1.54, 1.807) is 6.20 Å². The molecule has 1 unspecified atom stereocenters. The van der Waals surface area contributed by atoms with Gasteiger partial charge in [-0.1, -0.05) is 6.08 Å². The number of nitrogens with one attached hydrogen (secondary N) is 2. The van der Waals surface area contributed by atoms with Crippen molar-refractivity contribution >= 4 is 16.7 Å². The molecule has 1 aliphatic carbocycles. The lowest BCUT2D eigenvalue weighted by molar-refractivity contribution is 0.0961. The number of nitrogens with zero attached hydrogens (tertiary/aromatic N) is 2. The Labute approximate surface area is 145 Å². The van der Waals surface area contributed by atoms with Crippen molar-refractivity contribution in [1.29, 1.82) is 0 Å². The second-order valence-electron chi connectivity index (χ2n) is 6.95. The molecular weight excluding hydrogens is 322 g/mol. The molecule has 1 aliphatic heterocycles. The predicted octanol–water partition coefficient (Wildman–Crippen LogP) is 4.27. The monoisotopic (exact) mass is 344 g/mol. The molecule has 4 rings (SSSR count). The molecular formula is C19H22F2N4. The molecule has 2 aromatic heterocycles. The van der Waals surface area contributed by atoms with Gasteiger partial charge in [0.2, 0.25) is 0 Å². The van der Waals surface area contributed by atoms with Gasteiger partial charge in [0.05, 0.1) is 11.2 Å². The summed E-state index contributed by atoms with van der Waals surface area (Å²) in [6, 6.07) is 3.94. The van der Waals surface area contributed by atoms with E-state index in [0.717, 1.165) is 34.7 Å². The van der Waals surface area contributed by atoms with E-state index in [1.165, 1.54) is 5.57 Å². The first-order chi connectivity index (χ1) is 12.0. The Balaban J connectivity index is 1.58. The van der Waals surface area contributed by atoms with Crippen LogP contribution in [0.15, 0.2) is 47.6 Å². The SMILES string of the molecule is CC1=CCNC(C)=C1Nc1nccc2c1ccn2CCC1CC1(F)F. The first-order valence-corrected chi connectivity index (χ1v) is 8.66. The summed E-state index contributed by atoms with van der Waals surface area (Å²) in [5.74, 6) is -2.11. The number of alkyl halides is 2. The number of aromatic nitrogens is 2. The summed E-state index contributed by atoms with van der Waals surface area (Å²) < 4.78 is 28.2. The van der Waals surface area contributed by atoms with E-state index in [2.05, 4.69) is 28.6 Å². The molecule has 1 fully saturated rings. The second-order valence-corrected chi connectivity index (χ2v) is 6.95. The largest absolute Gasteiger partial charge is 0.383 e. The summed E-state index contributed by atoms with van der Waals surface area (Å²) in [7, 11) is 0. The van der Waals surface area contributed by atoms with Crippen LogP contribution in [0.3, 0.4) is 0 Å². The number of halogens is 2. The van der Waals surface area contributed by atoms with Crippen LogP contribution in [-0.4, -0.2) is 22.0 Å². The van der Waals surface area contributed by atoms with Gasteiger partial charge in [0.1, 0.15) is 5.82 Å². The van der Waals surface area contributed by atoms with E-state index < -0.39 is 11.8 Å². The van der Waals surface area contributed by atoms with Crippen LogP contribution in [0.4, 0.5) is 14.6 Å². The molecule has 1 saturated carbocycles. The number of allylic oxidation sites excluding steroid dienone is 2. The van der Waals surface area contributed by atoms with Crippen molar-refractivity contribution in [3.8, 4) is 0 Å². The molecule has 6 heteroatoms. The minimum absolute atomic E-state index is 0.0343. The summed E-state index contributed by atoms with van der Waals surface area (Å²) in [5, 5.41) is 7.75. The molecule has 0 bridgehead atoms. The van der Waals surface area contributed by atoms with E-state index in [9.17, 15) is 8.78 Å². The fraction of sp³-hybridized carbons (Fsp3) is 0.421. The maximum atomic E-state index is 13.1. The van der Waals surface area contributed by atoms with Crippen LogP contribution in [0, 0.1) is 5.92 Å². The summed E-state index contributed by atoms with van der Waals surface area (Å²) in [6.45, 7) is 5.56. The first kappa shape index (κ1) is 16.1. The molecule has 2 aliphatic rings. The smallest absolute Gasteiger partial charge is 0.251 e. The molecule has 132 valence electrons. The zero-order valence-electron chi connectivity index (χ0n) is 14.4. The second kappa shape index (κ2) is 5.86. The maximum absolute atomic E-state index is 13.1. The van der Waals surface area contributed by atoms with E-state index in [1.807, 2.05) is 29.8 Å². The quantitative estimate of drug-likeness (QED) is 0.851. The van der Waals surface area contributed by atoms with Gasteiger partial charge >= 0.3 is 0 Å². The van der Waals surface area contributed by atoms with Gasteiger partial charge in [-0.25, -0.2) is 13.8 Å². The van der Waals surface area contributed by atoms with E-state index in [0.29, 0.717) is 13.0 Å². The number of rotatable bonds is 5. The van der Waals surface area contributed by atoms with Gasteiger partial charge in [-0.3, -0.25) is 0 Å². The highest BCUT2D eigenvalue weighted by Crippen LogP contribution is 2.50.